The van der Waals surface area contributed by atoms with Gasteiger partial charge in [-0.3, -0.25) is 4.79 Å². The number of benzene rings is 2. The normalized spacial score (nSPS) is 14.1. The minimum absolute atomic E-state index is 0.0428. The lowest BCUT2D eigenvalue weighted by Crippen LogP contribution is -2.47. The molecule has 7 nitrogen and oxygen atoms in total. The number of aliphatic carboxylic acids is 1. The van der Waals surface area contributed by atoms with Crippen molar-refractivity contribution in [1.29, 1.82) is 0 Å². The number of carbonyl (C=O) groups excluding carboxylic acids is 2. The van der Waals surface area contributed by atoms with E-state index in [1.165, 1.54) is 13.0 Å². The zero-order valence-corrected chi connectivity index (χ0v) is 20.1. The molecule has 0 bridgehead atoms. The molecule has 1 unspecified atom stereocenters. The predicted molar refractivity (Wildman–Crippen MR) is 130 cm³/mol. The molecular weight excluding hydrogens is 432 g/mol. The third kappa shape index (κ3) is 6.04. The molecule has 7 heteroatoms. The van der Waals surface area contributed by atoms with Crippen LogP contribution in [0.15, 0.2) is 60.2 Å². The van der Waals surface area contributed by atoms with Gasteiger partial charge in [-0.05, 0) is 34.6 Å². The average molecular weight is 465 g/mol. The summed E-state index contributed by atoms with van der Waals surface area (Å²) in [5, 5.41) is 14.4. The molecule has 0 heterocycles. The first kappa shape index (κ1) is 25.0. The Morgan fingerprint density at radius 3 is 2.12 bits per heavy atom. The largest absolute Gasteiger partial charge is 0.478 e. The molecule has 2 aromatic carbocycles. The Bertz CT molecular complexity index is 1050. The summed E-state index contributed by atoms with van der Waals surface area (Å²) in [5.74, 6) is -1.36. The second-order valence-corrected chi connectivity index (χ2v) is 9.59. The number of amides is 2. The second kappa shape index (κ2) is 10.5. The lowest BCUT2D eigenvalue weighted by molar-refractivity contribution is -0.132. The van der Waals surface area contributed by atoms with Crippen molar-refractivity contribution in [2.24, 2.45) is 5.41 Å². The smallest absolute Gasteiger partial charge is 0.407 e. The third-order valence-electron chi connectivity index (χ3n) is 6.12. The molecule has 1 aliphatic rings. The van der Waals surface area contributed by atoms with Crippen LogP contribution in [-0.4, -0.2) is 42.3 Å². The van der Waals surface area contributed by atoms with Gasteiger partial charge in [0.25, 0.3) is 0 Å². The van der Waals surface area contributed by atoms with Crippen LogP contribution in [0, 0.1) is 5.41 Å². The minimum atomic E-state index is -1.03. The summed E-state index contributed by atoms with van der Waals surface area (Å²) in [7, 11) is 0. The van der Waals surface area contributed by atoms with Gasteiger partial charge in [0, 0.05) is 30.5 Å². The van der Waals surface area contributed by atoms with E-state index in [1.807, 2.05) is 45.0 Å². The van der Waals surface area contributed by atoms with Crippen molar-refractivity contribution in [3.8, 4) is 11.1 Å². The first-order chi connectivity index (χ1) is 16.1. The number of ether oxygens (including phenoxy) is 1. The summed E-state index contributed by atoms with van der Waals surface area (Å²) >= 11 is 0. The van der Waals surface area contributed by atoms with Crippen molar-refractivity contribution in [3.63, 3.8) is 0 Å². The fraction of sp³-hybridized carbons (Fsp3) is 0.370. The number of fused-ring (bicyclic) bond motifs is 3. The zero-order chi connectivity index (χ0) is 24.9. The standard InChI is InChI=1S/C27H32N2O5/c1-17(25(31)32)13-14-28-24(30)15-23(27(2,3)4)29-26(33)34-16-22-20-11-7-5-9-18(20)19-10-6-8-12-21(19)22/h5-13,22-23H,14-16H2,1-4H3,(H,28,30)(H,29,33)(H,31,32)/b17-13+. The van der Waals surface area contributed by atoms with E-state index in [-0.39, 0.29) is 37.0 Å². The fourth-order valence-electron chi connectivity index (χ4n) is 4.02. The number of nitrogens with one attached hydrogen (secondary N) is 2. The molecule has 0 spiro atoms. The van der Waals surface area contributed by atoms with Gasteiger partial charge in [0.15, 0.2) is 0 Å². The first-order valence-corrected chi connectivity index (χ1v) is 11.4. The van der Waals surface area contributed by atoms with E-state index in [0.717, 1.165) is 22.3 Å². The minimum Gasteiger partial charge on any atom is -0.478 e. The lowest BCUT2D eigenvalue weighted by Gasteiger charge is -2.31. The molecule has 0 saturated heterocycles. The molecular formula is C27H32N2O5. The molecule has 0 aromatic heterocycles. The molecule has 2 amide bonds. The zero-order valence-electron chi connectivity index (χ0n) is 20.1. The monoisotopic (exact) mass is 464 g/mol. The van der Waals surface area contributed by atoms with Crippen LogP contribution in [0.5, 0.6) is 0 Å². The van der Waals surface area contributed by atoms with Gasteiger partial charge >= 0.3 is 12.1 Å². The van der Waals surface area contributed by atoms with Crippen molar-refractivity contribution >= 4 is 18.0 Å². The molecule has 34 heavy (non-hydrogen) atoms. The number of hydrogen-bond donors (Lipinski definition) is 3. The predicted octanol–water partition coefficient (Wildman–Crippen LogP) is 4.48. The summed E-state index contributed by atoms with van der Waals surface area (Å²) in [6.07, 6.45) is 0.912. The fourth-order valence-corrected chi connectivity index (χ4v) is 4.02. The summed E-state index contributed by atoms with van der Waals surface area (Å²) in [4.78, 5) is 36.0. The molecule has 3 rings (SSSR count). The molecule has 1 aliphatic carbocycles. The highest BCUT2D eigenvalue weighted by Gasteiger charge is 2.31. The number of rotatable bonds is 8. The van der Waals surface area contributed by atoms with E-state index >= 15 is 0 Å². The van der Waals surface area contributed by atoms with Crippen molar-refractivity contribution in [2.75, 3.05) is 13.2 Å². The van der Waals surface area contributed by atoms with Crippen LogP contribution in [0.1, 0.15) is 51.2 Å². The van der Waals surface area contributed by atoms with E-state index in [1.54, 1.807) is 0 Å². The average Bonchev–Trinajstić information content (AvgIpc) is 3.10. The molecule has 3 N–H and O–H groups in total. The maximum absolute atomic E-state index is 12.7. The number of carboxylic acids is 1. The van der Waals surface area contributed by atoms with Crippen molar-refractivity contribution in [1.82, 2.24) is 10.6 Å². The highest BCUT2D eigenvalue weighted by molar-refractivity contribution is 5.86. The van der Waals surface area contributed by atoms with Crippen LogP contribution in [0.25, 0.3) is 11.1 Å². The lowest BCUT2D eigenvalue weighted by atomic mass is 9.84. The van der Waals surface area contributed by atoms with E-state index < -0.39 is 23.5 Å². The van der Waals surface area contributed by atoms with Gasteiger partial charge < -0.3 is 20.5 Å². The van der Waals surface area contributed by atoms with Crippen LogP contribution in [0.4, 0.5) is 4.79 Å². The van der Waals surface area contributed by atoms with E-state index in [2.05, 4.69) is 34.9 Å². The topological polar surface area (TPSA) is 105 Å². The van der Waals surface area contributed by atoms with Crippen LogP contribution < -0.4 is 10.6 Å². The van der Waals surface area contributed by atoms with Gasteiger partial charge in [-0.1, -0.05) is 75.4 Å². The number of carboxylic acid groups (broad SMARTS) is 1. The van der Waals surface area contributed by atoms with Crippen LogP contribution in [-0.2, 0) is 14.3 Å². The Morgan fingerprint density at radius 1 is 1.03 bits per heavy atom. The summed E-state index contributed by atoms with van der Waals surface area (Å²) in [6, 6.07) is 15.8. The molecule has 1 atom stereocenters. The van der Waals surface area contributed by atoms with Gasteiger partial charge in [0.2, 0.25) is 5.91 Å². The van der Waals surface area contributed by atoms with E-state index in [4.69, 9.17) is 9.84 Å². The Balaban J connectivity index is 1.60. The summed E-state index contributed by atoms with van der Waals surface area (Å²) < 4.78 is 5.63. The highest BCUT2D eigenvalue weighted by atomic mass is 16.5. The first-order valence-electron chi connectivity index (χ1n) is 11.4. The van der Waals surface area contributed by atoms with Gasteiger partial charge in [-0.25, -0.2) is 9.59 Å². The van der Waals surface area contributed by atoms with Gasteiger partial charge in [0.05, 0.1) is 0 Å². The van der Waals surface area contributed by atoms with E-state index in [9.17, 15) is 14.4 Å². The van der Waals surface area contributed by atoms with E-state index in [0.29, 0.717) is 0 Å². The Morgan fingerprint density at radius 2 is 1.59 bits per heavy atom. The summed E-state index contributed by atoms with van der Waals surface area (Å²) in [6.45, 7) is 7.57. The Hall–Kier alpha value is -3.61. The second-order valence-electron chi connectivity index (χ2n) is 9.59. The summed E-state index contributed by atoms with van der Waals surface area (Å²) in [5.41, 5.74) is 4.34. The molecule has 0 fully saturated rings. The van der Waals surface area contributed by atoms with Gasteiger partial charge in [-0.15, -0.1) is 0 Å². The van der Waals surface area contributed by atoms with Gasteiger partial charge in [-0.2, -0.15) is 0 Å². The number of carbonyl (C=O) groups is 3. The molecule has 180 valence electrons. The molecule has 0 saturated carbocycles. The molecule has 0 aliphatic heterocycles. The maximum Gasteiger partial charge on any atom is 0.407 e. The highest BCUT2D eigenvalue weighted by Crippen LogP contribution is 2.44. The maximum atomic E-state index is 12.7. The Labute approximate surface area is 200 Å². The van der Waals surface area contributed by atoms with Crippen molar-refractivity contribution in [2.45, 2.75) is 46.1 Å². The number of hydrogen-bond acceptors (Lipinski definition) is 4. The van der Waals surface area contributed by atoms with Crippen LogP contribution >= 0.6 is 0 Å². The molecule has 0 radical (unpaired) electrons. The van der Waals surface area contributed by atoms with Gasteiger partial charge in [0.1, 0.15) is 6.61 Å². The third-order valence-corrected chi connectivity index (χ3v) is 6.12. The van der Waals surface area contributed by atoms with Crippen molar-refractivity contribution < 1.29 is 24.2 Å². The number of alkyl carbamates (subject to hydrolysis) is 1. The Kier molecular flexibility index (Phi) is 7.76. The van der Waals surface area contributed by atoms with Crippen LogP contribution in [0.2, 0.25) is 0 Å². The SMILES string of the molecule is C/C(=C\CNC(=O)CC(NC(=O)OCC1c2ccccc2-c2ccccc21)C(C)(C)C)C(=O)O. The van der Waals surface area contributed by atoms with Crippen molar-refractivity contribution in [3.05, 3.63) is 71.3 Å². The van der Waals surface area contributed by atoms with Crippen LogP contribution in [0.3, 0.4) is 0 Å². The molecule has 2 aromatic rings. The quantitative estimate of drug-likeness (QED) is 0.500.